The Morgan fingerprint density at radius 2 is 1.85 bits per heavy atom. The molecule has 26 heavy (non-hydrogen) atoms. The summed E-state index contributed by atoms with van der Waals surface area (Å²) in [7, 11) is 0. The van der Waals surface area contributed by atoms with Crippen molar-refractivity contribution < 1.29 is 4.79 Å². The predicted octanol–water partition coefficient (Wildman–Crippen LogP) is 4.09. The van der Waals surface area contributed by atoms with E-state index < -0.39 is 0 Å². The van der Waals surface area contributed by atoms with Crippen molar-refractivity contribution >= 4 is 40.7 Å². The van der Waals surface area contributed by atoms with E-state index in [2.05, 4.69) is 25.8 Å². The lowest BCUT2D eigenvalue weighted by atomic mass is 10.1. The van der Waals surface area contributed by atoms with Gasteiger partial charge >= 0.3 is 0 Å². The molecule has 2 N–H and O–H groups in total. The Labute approximate surface area is 160 Å². The fourth-order valence-electron chi connectivity index (χ4n) is 2.23. The van der Waals surface area contributed by atoms with Gasteiger partial charge in [-0.15, -0.1) is 10.2 Å². The predicted molar refractivity (Wildman–Crippen MR) is 103 cm³/mol. The van der Waals surface area contributed by atoms with Gasteiger partial charge in [-0.3, -0.25) is 9.78 Å². The minimum atomic E-state index is -0.287. The van der Waals surface area contributed by atoms with Gasteiger partial charge in [0.05, 0.1) is 5.56 Å². The van der Waals surface area contributed by atoms with Crippen LogP contribution in [0.15, 0.2) is 54.9 Å². The summed E-state index contributed by atoms with van der Waals surface area (Å²) in [5.74, 6) is 0.685. The molecule has 2 aromatic heterocycles. The molecule has 0 bridgehead atoms. The van der Waals surface area contributed by atoms with Crippen LogP contribution in [0.25, 0.3) is 0 Å². The molecule has 6 nitrogen and oxygen atoms in total. The fourth-order valence-corrected chi connectivity index (χ4v) is 2.73. The highest BCUT2D eigenvalue weighted by atomic mass is 35.5. The fraction of sp³-hybridized carbons (Fsp3) is 0.111. The lowest BCUT2D eigenvalue weighted by Crippen LogP contribution is -2.14. The molecular weight excluding hydrogens is 373 g/mol. The van der Waals surface area contributed by atoms with E-state index in [-0.39, 0.29) is 5.91 Å². The van der Waals surface area contributed by atoms with Crippen LogP contribution < -0.4 is 10.6 Å². The van der Waals surface area contributed by atoms with Gasteiger partial charge in [0.1, 0.15) is 5.82 Å². The third kappa shape index (κ3) is 4.91. The number of hydrogen-bond acceptors (Lipinski definition) is 5. The van der Waals surface area contributed by atoms with Crippen LogP contribution >= 0.6 is 23.2 Å². The molecule has 0 spiro atoms. The van der Waals surface area contributed by atoms with E-state index >= 15 is 0 Å². The molecule has 3 aromatic rings. The highest BCUT2D eigenvalue weighted by Gasteiger charge is 2.07. The monoisotopic (exact) mass is 387 g/mol. The number of rotatable bonds is 6. The second kappa shape index (κ2) is 8.60. The van der Waals surface area contributed by atoms with Crippen LogP contribution in [-0.2, 0) is 6.42 Å². The zero-order chi connectivity index (χ0) is 18.4. The molecule has 0 unspecified atom stereocenters. The van der Waals surface area contributed by atoms with E-state index in [1.165, 1.54) is 6.20 Å². The second-order valence-corrected chi connectivity index (χ2v) is 6.26. The first-order valence-electron chi connectivity index (χ1n) is 7.85. The summed E-state index contributed by atoms with van der Waals surface area (Å²) in [6.07, 6.45) is 3.81. The van der Waals surface area contributed by atoms with Gasteiger partial charge in [0.15, 0.2) is 5.82 Å². The normalized spacial score (nSPS) is 10.4. The summed E-state index contributed by atoms with van der Waals surface area (Å²) in [5.41, 5.74) is 1.45. The Morgan fingerprint density at radius 3 is 2.54 bits per heavy atom. The van der Waals surface area contributed by atoms with Gasteiger partial charge in [-0.1, -0.05) is 29.3 Å². The van der Waals surface area contributed by atoms with Crippen LogP contribution in [0, 0.1) is 0 Å². The number of carbonyl (C=O) groups is 1. The summed E-state index contributed by atoms with van der Waals surface area (Å²) in [5, 5.41) is 15.1. The number of anilines is 2. The number of amides is 1. The number of nitrogens with one attached hydrogen (secondary N) is 2. The minimum absolute atomic E-state index is 0.287. The van der Waals surface area contributed by atoms with E-state index in [0.717, 1.165) is 12.0 Å². The standard InChI is InChI=1S/C18H15Cl2N5O/c19-14-4-3-12(15(20)10-14)7-9-22-16-5-6-17(25-24-16)23-18(26)13-2-1-8-21-11-13/h1-6,8,10-11H,7,9H2,(H,22,24)(H,23,25,26). The summed E-state index contributed by atoms with van der Waals surface area (Å²) < 4.78 is 0. The summed E-state index contributed by atoms with van der Waals surface area (Å²) >= 11 is 12.0. The average Bonchev–Trinajstić information content (AvgIpc) is 2.65. The molecule has 0 atom stereocenters. The third-order valence-electron chi connectivity index (χ3n) is 3.55. The van der Waals surface area contributed by atoms with Crippen molar-refractivity contribution in [3.8, 4) is 0 Å². The maximum Gasteiger partial charge on any atom is 0.258 e. The van der Waals surface area contributed by atoms with E-state index in [4.69, 9.17) is 23.2 Å². The first kappa shape index (κ1) is 18.1. The first-order chi connectivity index (χ1) is 12.6. The highest BCUT2D eigenvalue weighted by Crippen LogP contribution is 2.21. The quantitative estimate of drug-likeness (QED) is 0.665. The van der Waals surface area contributed by atoms with E-state index in [1.54, 1.807) is 36.5 Å². The number of carbonyl (C=O) groups excluding carboxylic acids is 1. The van der Waals surface area contributed by atoms with Crippen LogP contribution in [0.3, 0.4) is 0 Å². The molecule has 0 aliphatic heterocycles. The van der Waals surface area contributed by atoms with Gasteiger partial charge < -0.3 is 10.6 Å². The summed E-state index contributed by atoms with van der Waals surface area (Å²) in [6, 6.07) is 12.2. The largest absolute Gasteiger partial charge is 0.368 e. The summed E-state index contributed by atoms with van der Waals surface area (Å²) in [6.45, 7) is 0.636. The van der Waals surface area contributed by atoms with Crippen LogP contribution in [-0.4, -0.2) is 27.6 Å². The van der Waals surface area contributed by atoms with Gasteiger partial charge in [-0.2, -0.15) is 0 Å². The van der Waals surface area contributed by atoms with Crippen molar-refractivity contribution in [3.63, 3.8) is 0 Å². The summed E-state index contributed by atoms with van der Waals surface area (Å²) in [4.78, 5) is 15.9. The van der Waals surface area contributed by atoms with Crippen molar-refractivity contribution in [2.75, 3.05) is 17.2 Å². The van der Waals surface area contributed by atoms with E-state index in [0.29, 0.717) is 33.8 Å². The van der Waals surface area contributed by atoms with Crippen LogP contribution in [0.4, 0.5) is 11.6 Å². The van der Waals surface area contributed by atoms with Crippen molar-refractivity contribution in [2.24, 2.45) is 0 Å². The number of hydrogen-bond donors (Lipinski definition) is 2. The number of pyridine rings is 1. The molecular formula is C18H15Cl2N5O. The lowest BCUT2D eigenvalue weighted by molar-refractivity contribution is 0.102. The topological polar surface area (TPSA) is 79.8 Å². The number of aromatic nitrogens is 3. The molecule has 0 aliphatic carbocycles. The molecule has 1 amide bonds. The SMILES string of the molecule is O=C(Nc1ccc(NCCc2ccc(Cl)cc2Cl)nn1)c1cccnc1. The Bertz CT molecular complexity index is 888. The van der Waals surface area contributed by atoms with E-state index in [1.807, 2.05) is 12.1 Å². The average molecular weight is 388 g/mol. The molecule has 0 saturated heterocycles. The molecule has 0 saturated carbocycles. The molecule has 1 aromatic carbocycles. The van der Waals surface area contributed by atoms with Crippen molar-refractivity contribution in [2.45, 2.75) is 6.42 Å². The second-order valence-electron chi connectivity index (χ2n) is 5.41. The number of nitrogens with zero attached hydrogens (tertiary/aromatic N) is 3. The highest BCUT2D eigenvalue weighted by molar-refractivity contribution is 6.35. The maximum atomic E-state index is 12.0. The minimum Gasteiger partial charge on any atom is -0.368 e. The Morgan fingerprint density at radius 1 is 1.04 bits per heavy atom. The van der Waals surface area contributed by atoms with Crippen LogP contribution in [0.2, 0.25) is 10.0 Å². The molecule has 3 rings (SSSR count). The third-order valence-corrected chi connectivity index (χ3v) is 4.13. The Hall–Kier alpha value is -2.70. The van der Waals surface area contributed by atoms with Gasteiger partial charge in [-0.05, 0) is 48.4 Å². The molecule has 8 heteroatoms. The zero-order valence-corrected chi connectivity index (χ0v) is 15.1. The molecule has 0 fully saturated rings. The van der Waals surface area contributed by atoms with E-state index in [9.17, 15) is 4.79 Å². The van der Waals surface area contributed by atoms with Crippen LogP contribution in [0.1, 0.15) is 15.9 Å². The molecule has 0 aliphatic rings. The smallest absolute Gasteiger partial charge is 0.258 e. The Balaban J connectivity index is 1.52. The van der Waals surface area contributed by atoms with Crippen molar-refractivity contribution in [3.05, 3.63) is 76.0 Å². The first-order valence-corrected chi connectivity index (χ1v) is 8.60. The molecule has 132 valence electrons. The van der Waals surface area contributed by atoms with Crippen molar-refractivity contribution in [1.82, 2.24) is 15.2 Å². The molecule has 0 radical (unpaired) electrons. The lowest BCUT2D eigenvalue weighted by Gasteiger charge is -2.08. The van der Waals surface area contributed by atoms with Gasteiger partial charge in [0.2, 0.25) is 0 Å². The number of halogens is 2. The van der Waals surface area contributed by atoms with Gasteiger partial charge in [0.25, 0.3) is 5.91 Å². The number of benzene rings is 1. The van der Waals surface area contributed by atoms with Gasteiger partial charge in [0, 0.05) is 29.0 Å². The van der Waals surface area contributed by atoms with Gasteiger partial charge in [-0.25, -0.2) is 0 Å². The maximum absolute atomic E-state index is 12.0. The Kier molecular flexibility index (Phi) is 5.99. The van der Waals surface area contributed by atoms with Crippen molar-refractivity contribution in [1.29, 1.82) is 0 Å². The zero-order valence-electron chi connectivity index (χ0n) is 13.6. The van der Waals surface area contributed by atoms with Crippen LogP contribution in [0.5, 0.6) is 0 Å². The molecule has 2 heterocycles.